The van der Waals surface area contributed by atoms with E-state index in [0.717, 1.165) is 65.2 Å². The number of pyridine rings is 1. The lowest BCUT2D eigenvalue weighted by molar-refractivity contribution is 0.327. The zero-order valence-electron chi connectivity index (χ0n) is 22.6. The Morgan fingerprint density at radius 1 is 1.00 bits per heavy atom. The molecule has 8 heteroatoms. The smallest absolute Gasteiger partial charge is 0.439 e. The Labute approximate surface area is 228 Å². The van der Waals surface area contributed by atoms with Crippen molar-refractivity contribution in [3.63, 3.8) is 0 Å². The number of nitrogens with one attached hydrogen (secondary N) is 1. The van der Waals surface area contributed by atoms with Crippen molar-refractivity contribution >= 4 is 11.4 Å². The second-order valence-electron chi connectivity index (χ2n) is 9.42. The van der Waals surface area contributed by atoms with Crippen LogP contribution in [0.5, 0.6) is 5.88 Å². The molecule has 200 valence electrons. The van der Waals surface area contributed by atoms with E-state index in [0.29, 0.717) is 24.9 Å². The Balaban J connectivity index is 1.50. The Morgan fingerprint density at radius 3 is 2.51 bits per heavy atom. The molecule has 3 heterocycles. The van der Waals surface area contributed by atoms with Crippen LogP contribution < -0.4 is 10.5 Å². The lowest BCUT2D eigenvalue weighted by Gasteiger charge is -2.32. The maximum atomic E-state index is 11.8. The molecule has 0 spiro atoms. The highest BCUT2D eigenvalue weighted by atomic mass is 16.5. The summed E-state index contributed by atoms with van der Waals surface area (Å²) in [6.45, 7) is 8.25. The number of allylic oxidation sites excluding steroid dienone is 1. The van der Waals surface area contributed by atoms with Crippen molar-refractivity contribution in [1.82, 2.24) is 20.0 Å². The third-order valence-corrected chi connectivity index (χ3v) is 6.75. The monoisotopic (exact) mass is 523 g/mol. The van der Waals surface area contributed by atoms with Gasteiger partial charge in [0.2, 0.25) is 5.88 Å². The summed E-state index contributed by atoms with van der Waals surface area (Å²) in [4.78, 5) is 26.5. The molecular weight excluding hydrogens is 490 g/mol. The van der Waals surface area contributed by atoms with E-state index < -0.39 is 5.76 Å². The molecule has 1 aliphatic heterocycles. The highest BCUT2D eigenvalue weighted by Crippen LogP contribution is 2.33. The highest BCUT2D eigenvalue weighted by molar-refractivity contribution is 5.89. The Hall–Kier alpha value is -4.46. The Kier molecular flexibility index (Phi) is 8.01. The van der Waals surface area contributed by atoms with E-state index >= 15 is 0 Å². The molecule has 8 nitrogen and oxygen atoms in total. The fourth-order valence-corrected chi connectivity index (χ4v) is 4.92. The molecule has 39 heavy (non-hydrogen) atoms. The van der Waals surface area contributed by atoms with Gasteiger partial charge in [0.1, 0.15) is 5.84 Å². The zero-order chi connectivity index (χ0) is 27.2. The summed E-state index contributed by atoms with van der Waals surface area (Å²) in [6, 6.07) is 20.3. The Morgan fingerprint density at radius 2 is 1.85 bits per heavy atom. The van der Waals surface area contributed by atoms with Crippen LogP contribution in [-0.4, -0.2) is 39.0 Å². The fraction of sp³-hybridized carbons (Fsp3) is 0.290. The SMILES string of the molecule is CCCC1=NC(CC)=C(c2ccc(OCC)nc2)CN1Cc1ccc(-c2ccccc2)c(-c2noc(=O)[nH]2)c1. The summed E-state index contributed by atoms with van der Waals surface area (Å²) in [5.41, 5.74) is 7.24. The van der Waals surface area contributed by atoms with Gasteiger partial charge in [-0.2, -0.15) is 0 Å². The molecule has 2 aromatic heterocycles. The van der Waals surface area contributed by atoms with E-state index in [1.54, 1.807) is 0 Å². The normalized spacial score (nSPS) is 13.5. The standard InChI is InChI=1S/C31H33N5O3/c1-4-10-28-33-27(5-2)26(23-14-16-29(32-18-23)38-6-3)20-36(28)19-21-13-15-24(22-11-8-7-9-12-22)25(17-21)30-34-31(37)39-35-30/h7-9,11-18H,4-6,10,19-20H2,1-3H3,(H,34,35,37). The number of H-pyrrole nitrogens is 1. The van der Waals surface area contributed by atoms with Crippen LogP contribution in [0.2, 0.25) is 0 Å². The lowest BCUT2D eigenvalue weighted by atomic mass is 9.96. The fourth-order valence-electron chi connectivity index (χ4n) is 4.92. The van der Waals surface area contributed by atoms with Crippen molar-refractivity contribution in [3.05, 3.63) is 94.2 Å². The van der Waals surface area contributed by atoms with Gasteiger partial charge >= 0.3 is 5.76 Å². The first kappa shape index (κ1) is 26.2. The van der Waals surface area contributed by atoms with E-state index in [-0.39, 0.29) is 0 Å². The molecule has 0 radical (unpaired) electrons. The van der Waals surface area contributed by atoms with Gasteiger partial charge in [-0.25, -0.2) is 14.8 Å². The number of aromatic nitrogens is 3. The number of nitrogens with zero attached hydrogens (tertiary/aromatic N) is 4. The summed E-state index contributed by atoms with van der Waals surface area (Å²) in [6.07, 6.45) is 4.62. The summed E-state index contributed by atoms with van der Waals surface area (Å²) < 4.78 is 10.4. The summed E-state index contributed by atoms with van der Waals surface area (Å²) in [7, 11) is 0. The van der Waals surface area contributed by atoms with Crippen LogP contribution in [0.1, 0.15) is 51.2 Å². The van der Waals surface area contributed by atoms with Crippen molar-refractivity contribution in [2.45, 2.75) is 46.6 Å². The molecule has 0 atom stereocenters. The molecule has 0 aliphatic carbocycles. The molecule has 1 aliphatic rings. The van der Waals surface area contributed by atoms with E-state index in [1.807, 2.05) is 49.5 Å². The van der Waals surface area contributed by atoms with Crippen LogP contribution in [0.15, 0.2) is 86.9 Å². The molecule has 5 rings (SSSR count). The van der Waals surface area contributed by atoms with Gasteiger partial charge in [0.15, 0.2) is 5.82 Å². The first-order chi connectivity index (χ1) is 19.1. The van der Waals surface area contributed by atoms with Crippen molar-refractivity contribution in [2.75, 3.05) is 13.2 Å². The first-order valence-corrected chi connectivity index (χ1v) is 13.5. The van der Waals surface area contributed by atoms with Gasteiger partial charge in [-0.05, 0) is 54.2 Å². The summed E-state index contributed by atoms with van der Waals surface area (Å²) >= 11 is 0. The van der Waals surface area contributed by atoms with Gasteiger partial charge in [-0.3, -0.25) is 9.51 Å². The predicted molar refractivity (Wildman–Crippen MR) is 153 cm³/mol. The third kappa shape index (κ3) is 5.85. The molecule has 0 fully saturated rings. The maximum Gasteiger partial charge on any atom is 0.439 e. The second-order valence-corrected chi connectivity index (χ2v) is 9.42. The van der Waals surface area contributed by atoms with Crippen LogP contribution in [-0.2, 0) is 6.54 Å². The average molecular weight is 524 g/mol. The number of aromatic amines is 1. The number of hydrogen-bond acceptors (Lipinski definition) is 7. The molecule has 2 aromatic carbocycles. The minimum absolute atomic E-state index is 0.413. The molecule has 1 N–H and O–H groups in total. The lowest BCUT2D eigenvalue weighted by Crippen LogP contribution is -2.35. The van der Waals surface area contributed by atoms with Gasteiger partial charge in [-0.15, -0.1) is 0 Å². The van der Waals surface area contributed by atoms with E-state index in [1.165, 1.54) is 5.57 Å². The zero-order valence-corrected chi connectivity index (χ0v) is 22.6. The summed E-state index contributed by atoms with van der Waals surface area (Å²) in [5, 5.41) is 3.99. The van der Waals surface area contributed by atoms with Gasteiger partial charge in [-0.1, -0.05) is 61.5 Å². The van der Waals surface area contributed by atoms with Gasteiger partial charge in [0.05, 0.1) is 6.61 Å². The van der Waals surface area contributed by atoms with Crippen LogP contribution in [0, 0.1) is 0 Å². The number of benzene rings is 2. The minimum Gasteiger partial charge on any atom is -0.478 e. The number of ether oxygens (including phenoxy) is 1. The van der Waals surface area contributed by atoms with Gasteiger partial charge in [0.25, 0.3) is 0 Å². The maximum absolute atomic E-state index is 11.8. The van der Waals surface area contributed by atoms with Crippen molar-refractivity contribution < 1.29 is 9.26 Å². The second kappa shape index (κ2) is 11.9. The molecule has 0 bridgehead atoms. The van der Waals surface area contributed by atoms with Crippen LogP contribution in [0.3, 0.4) is 0 Å². The van der Waals surface area contributed by atoms with E-state index in [2.05, 4.69) is 58.1 Å². The molecule has 0 unspecified atom stereocenters. The molecular formula is C31H33N5O3. The van der Waals surface area contributed by atoms with E-state index in [9.17, 15) is 4.79 Å². The molecule has 0 saturated carbocycles. The molecule has 0 amide bonds. The van der Waals surface area contributed by atoms with Crippen LogP contribution >= 0.6 is 0 Å². The van der Waals surface area contributed by atoms with Gasteiger partial charge < -0.3 is 9.64 Å². The van der Waals surface area contributed by atoms with E-state index in [4.69, 9.17) is 14.3 Å². The quantitative estimate of drug-likeness (QED) is 0.261. The third-order valence-electron chi connectivity index (χ3n) is 6.75. The average Bonchev–Trinajstić information content (AvgIpc) is 3.41. The number of rotatable bonds is 10. The topological polar surface area (TPSA) is 96.6 Å². The minimum atomic E-state index is -0.575. The number of aliphatic imine (C=N–C) groups is 1. The van der Waals surface area contributed by atoms with Crippen molar-refractivity contribution in [2.24, 2.45) is 4.99 Å². The first-order valence-electron chi connectivity index (χ1n) is 13.5. The predicted octanol–water partition coefficient (Wildman–Crippen LogP) is 6.33. The van der Waals surface area contributed by atoms with Gasteiger partial charge in [0, 0.05) is 48.6 Å². The van der Waals surface area contributed by atoms with Crippen LogP contribution in [0.4, 0.5) is 0 Å². The van der Waals surface area contributed by atoms with Crippen molar-refractivity contribution in [1.29, 1.82) is 0 Å². The van der Waals surface area contributed by atoms with Crippen molar-refractivity contribution in [3.8, 4) is 28.4 Å². The molecule has 0 saturated heterocycles. The summed E-state index contributed by atoms with van der Waals surface area (Å²) in [5.74, 6) is 1.55. The highest BCUT2D eigenvalue weighted by Gasteiger charge is 2.23. The number of hydrogen-bond donors (Lipinski definition) is 1. The molecule has 4 aromatic rings. The van der Waals surface area contributed by atoms with Crippen LogP contribution in [0.25, 0.3) is 28.1 Å². The Bertz CT molecular complexity index is 1530. The largest absolute Gasteiger partial charge is 0.478 e. The number of amidine groups is 1.